The summed E-state index contributed by atoms with van der Waals surface area (Å²) in [6.45, 7) is 2.75. The highest BCUT2D eigenvalue weighted by molar-refractivity contribution is 7.15. The first-order valence-electron chi connectivity index (χ1n) is 8.19. The minimum Gasteiger partial charge on any atom is -0.357 e. The lowest BCUT2D eigenvalue weighted by atomic mass is 10.1. The molecule has 7 heteroatoms. The summed E-state index contributed by atoms with van der Waals surface area (Å²) in [7, 11) is 0. The molecule has 1 aliphatic rings. The summed E-state index contributed by atoms with van der Waals surface area (Å²) >= 11 is 1.68. The maximum absolute atomic E-state index is 11.5. The molecule has 0 saturated carbocycles. The number of piperidine rings is 1. The summed E-state index contributed by atoms with van der Waals surface area (Å²) in [5, 5.41) is 6.16. The molecular weight excluding hydrogens is 322 g/mol. The standard InChI is InChI=1S/C17H19N5OS/c23-17-20-19-12-22(17)11-14-5-6-15(24-14)13-4-7-16(18-10-13)21-8-2-1-3-9-21/h4-7,10,12H,1-3,8-9,11H2,(H,20,23). The van der Waals surface area contributed by atoms with Crippen molar-refractivity contribution >= 4 is 17.2 Å². The van der Waals surface area contributed by atoms with E-state index in [1.807, 2.05) is 6.20 Å². The molecule has 0 radical (unpaired) electrons. The second-order valence-corrected chi connectivity index (χ2v) is 7.18. The zero-order chi connectivity index (χ0) is 16.4. The van der Waals surface area contributed by atoms with Gasteiger partial charge in [-0.2, -0.15) is 5.10 Å². The molecule has 4 rings (SSSR count). The number of H-pyrrole nitrogens is 1. The molecule has 0 unspecified atom stereocenters. The van der Waals surface area contributed by atoms with Crippen molar-refractivity contribution in [3.8, 4) is 10.4 Å². The molecule has 6 nitrogen and oxygen atoms in total. The molecular formula is C17H19N5OS. The molecule has 0 atom stereocenters. The Bertz CT molecular complexity index is 857. The van der Waals surface area contributed by atoms with E-state index >= 15 is 0 Å². The van der Waals surface area contributed by atoms with Crippen molar-refractivity contribution in [2.24, 2.45) is 0 Å². The molecule has 0 spiro atoms. The van der Waals surface area contributed by atoms with Gasteiger partial charge in [0.25, 0.3) is 0 Å². The van der Waals surface area contributed by atoms with E-state index in [0.29, 0.717) is 6.54 Å². The van der Waals surface area contributed by atoms with E-state index in [4.69, 9.17) is 0 Å². The fourth-order valence-corrected chi connectivity index (χ4v) is 4.01. The van der Waals surface area contributed by atoms with Crippen molar-refractivity contribution in [2.45, 2.75) is 25.8 Å². The van der Waals surface area contributed by atoms with Gasteiger partial charge in [0.2, 0.25) is 0 Å². The first-order chi connectivity index (χ1) is 11.8. The third kappa shape index (κ3) is 3.12. The van der Waals surface area contributed by atoms with Gasteiger partial charge in [0, 0.05) is 34.6 Å². The highest BCUT2D eigenvalue weighted by Crippen LogP contribution is 2.29. The SMILES string of the molecule is O=c1[nH]ncn1Cc1ccc(-c2ccc(N3CCCCC3)nc2)s1. The van der Waals surface area contributed by atoms with E-state index in [1.165, 1.54) is 30.5 Å². The Hall–Kier alpha value is -2.41. The zero-order valence-corrected chi connectivity index (χ0v) is 14.1. The molecule has 0 aliphatic carbocycles. The van der Waals surface area contributed by atoms with Crippen LogP contribution in [0.2, 0.25) is 0 Å². The third-order valence-electron chi connectivity index (χ3n) is 4.32. The number of aromatic nitrogens is 4. The van der Waals surface area contributed by atoms with Crippen LogP contribution in [-0.4, -0.2) is 32.8 Å². The summed E-state index contributed by atoms with van der Waals surface area (Å²) in [5.41, 5.74) is 0.934. The van der Waals surface area contributed by atoms with Crippen LogP contribution in [0, 0.1) is 0 Å². The van der Waals surface area contributed by atoms with E-state index in [-0.39, 0.29) is 5.69 Å². The molecule has 1 N–H and O–H groups in total. The molecule has 0 bridgehead atoms. The number of pyridine rings is 1. The van der Waals surface area contributed by atoms with Gasteiger partial charge < -0.3 is 4.90 Å². The van der Waals surface area contributed by atoms with Crippen molar-refractivity contribution in [1.82, 2.24) is 19.7 Å². The average Bonchev–Trinajstić information content (AvgIpc) is 3.26. The minimum atomic E-state index is -0.183. The molecule has 3 aromatic rings. The van der Waals surface area contributed by atoms with Crippen LogP contribution in [-0.2, 0) is 6.54 Å². The van der Waals surface area contributed by atoms with Gasteiger partial charge in [-0.3, -0.25) is 4.57 Å². The molecule has 24 heavy (non-hydrogen) atoms. The second kappa shape index (κ2) is 6.60. The number of anilines is 1. The Balaban J connectivity index is 1.49. The van der Waals surface area contributed by atoms with Gasteiger partial charge in [0.1, 0.15) is 12.1 Å². The highest BCUT2D eigenvalue weighted by atomic mass is 32.1. The van der Waals surface area contributed by atoms with E-state index in [9.17, 15) is 4.79 Å². The van der Waals surface area contributed by atoms with Gasteiger partial charge in [0.15, 0.2) is 0 Å². The van der Waals surface area contributed by atoms with E-state index in [1.54, 1.807) is 15.9 Å². The molecule has 124 valence electrons. The van der Waals surface area contributed by atoms with Gasteiger partial charge in [0.05, 0.1) is 6.54 Å². The Morgan fingerprint density at radius 1 is 1.12 bits per heavy atom. The Morgan fingerprint density at radius 2 is 2.00 bits per heavy atom. The van der Waals surface area contributed by atoms with Crippen LogP contribution in [0.1, 0.15) is 24.1 Å². The topological polar surface area (TPSA) is 66.8 Å². The third-order valence-corrected chi connectivity index (χ3v) is 5.44. The van der Waals surface area contributed by atoms with E-state index in [0.717, 1.165) is 29.3 Å². The van der Waals surface area contributed by atoms with Gasteiger partial charge in [-0.25, -0.2) is 14.9 Å². The van der Waals surface area contributed by atoms with Crippen molar-refractivity contribution in [2.75, 3.05) is 18.0 Å². The van der Waals surface area contributed by atoms with Crippen LogP contribution in [0.3, 0.4) is 0 Å². The number of hydrogen-bond acceptors (Lipinski definition) is 5. The van der Waals surface area contributed by atoms with Crippen molar-refractivity contribution < 1.29 is 0 Å². The molecule has 0 amide bonds. The minimum absolute atomic E-state index is 0.183. The lowest BCUT2D eigenvalue weighted by Gasteiger charge is -2.27. The van der Waals surface area contributed by atoms with Crippen molar-refractivity contribution in [1.29, 1.82) is 0 Å². The maximum atomic E-state index is 11.5. The maximum Gasteiger partial charge on any atom is 0.343 e. The predicted molar refractivity (Wildman–Crippen MR) is 95.6 cm³/mol. The number of thiophene rings is 1. The van der Waals surface area contributed by atoms with Gasteiger partial charge >= 0.3 is 5.69 Å². The van der Waals surface area contributed by atoms with E-state index in [2.05, 4.69) is 44.3 Å². The fraction of sp³-hybridized carbons (Fsp3) is 0.353. The number of hydrogen-bond donors (Lipinski definition) is 1. The number of nitrogens with zero attached hydrogens (tertiary/aromatic N) is 4. The second-order valence-electron chi connectivity index (χ2n) is 6.01. The summed E-state index contributed by atoms with van der Waals surface area (Å²) in [5.74, 6) is 1.07. The number of aromatic amines is 1. The zero-order valence-electron chi connectivity index (χ0n) is 13.3. The Morgan fingerprint density at radius 3 is 2.71 bits per heavy atom. The lowest BCUT2D eigenvalue weighted by molar-refractivity contribution is 0.573. The van der Waals surface area contributed by atoms with Crippen LogP contribution >= 0.6 is 11.3 Å². The van der Waals surface area contributed by atoms with E-state index < -0.39 is 0 Å². The van der Waals surface area contributed by atoms with Gasteiger partial charge in [-0.05, 0) is 43.5 Å². The van der Waals surface area contributed by atoms with Crippen LogP contribution in [0.4, 0.5) is 5.82 Å². The number of rotatable bonds is 4. The average molecular weight is 341 g/mol. The van der Waals surface area contributed by atoms with Crippen LogP contribution in [0.25, 0.3) is 10.4 Å². The lowest BCUT2D eigenvalue weighted by Crippen LogP contribution is -2.29. The summed E-state index contributed by atoms with van der Waals surface area (Å²) in [6, 6.07) is 8.39. The van der Waals surface area contributed by atoms with Gasteiger partial charge in [-0.15, -0.1) is 11.3 Å². The van der Waals surface area contributed by atoms with Crippen molar-refractivity contribution in [3.63, 3.8) is 0 Å². The molecule has 0 aromatic carbocycles. The molecule has 1 aliphatic heterocycles. The summed E-state index contributed by atoms with van der Waals surface area (Å²) < 4.78 is 1.56. The Labute approximate surface area is 143 Å². The van der Waals surface area contributed by atoms with Crippen LogP contribution in [0.5, 0.6) is 0 Å². The Kier molecular flexibility index (Phi) is 4.17. The van der Waals surface area contributed by atoms with Crippen molar-refractivity contribution in [3.05, 3.63) is 52.2 Å². The van der Waals surface area contributed by atoms with Gasteiger partial charge in [-0.1, -0.05) is 0 Å². The summed E-state index contributed by atoms with van der Waals surface area (Å²) in [4.78, 5) is 20.8. The molecule has 3 aromatic heterocycles. The molecule has 4 heterocycles. The first kappa shape index (κ1) is 15.1. The molecule has 1 fully saturated rings. The predicted octanol–water partition coefficient (Wildman–Crippen LogP) is 2.73. The quantitative estimate of drug-likeness (QED) is 0.792. The largest absolute Gasteiger partial charge is 0.357 e. The molecule has 1 saturated heterocycles. The first-order valence-corrected chi connectivity index (χ1v) is 9.01. The monoisotopic (exact) mass is 341 g/mol. The highest BCUT2D eigenvalue weighted by Gasteiger charge is 2.12. The van der Waals surface area contributed by atoms with Crippen LogP contribution in [0.15, 0.2) is 41.6 Å². The van der Waals surface area contributed by atoms with Crippen LogP contribution < -0.4 is 10.6 Å². The smallest absolute Gasteiger partial charge is 0.343 e. The summed E-state index contributed by atoms with van der Waals surface area (Å²) in [6.07, 6.45) is 7.31. The number of nitrogens with one attached hydrogen (secondary N) is 1. The normalized spacial score (nSPS) is 14.9. The fourth-order valence-electron chi connectivity index (χ4n) is 3.01.